The molecular weight excluding hydrogens is 148 g/mol. The van der Waals surface area contributed by atoms with Gasteiger partial charge >= 0.3 is 0 Å². The van der Waals surface area contributed by atoms with Crippen molar-refractivity contribution in [2.45, 2.75) is 27.2 Å². The van der Waals surface area contributed by atoms with Gasteiger partial charge in [-0.05, 0) is 30.6 Å². The van der Waals surface area contributed by atoms with Gasteiger partial charge in [0.25, 0.3) is 0 Å². The van der Waals surface area contributed by atoms with Crippen LogP contribution in [0, 0.1) is 23.2 Å². The highest BCUT2D eigenvalue weighted by Crippen LogP contribution is 2.64. The minimum absolute atomic E-state index is 0.335. The van der Waals surface area contributed by atoms with E-state index in [4.69, 9.17) is 5.11 Å². The van der Waals surface area contributed by atoms with Gasteiger partial charge < -0.3 is 5.11 Å². The van der Waals surface area contributed by atoms with Crippen LogP contribution < -0.4 is 0 Å². The smallest absolute Gasteiger partial charge is 0.0496 e. The number of hydrogen-bond acceptors (Lipinski definition) is 1. The molecule has 0 aromatic heterocycles. The van der Waals surface area contributed by atoms with Gasteiger partial charge in [0.2, 0.25) is 0 Å². The van der Waals surface area contributed by atoms with Gasteiger partial charge in [0.05, 0.1) is 0 Å². The van der Waals surface area contributed by atoms with E-state index in [9.17, 15) is 0 Å². The Labute approximate surface area is 74.5 Å². The van der Waals surface area contributed by atoms with Crippen LogP contribution in [0.5, 0.6) is 0 Å². The maximum absolute atomic E-state index is 9.13. The number of allylic oxidation sites excluding steroid dienone is 1. The van der Waals surface area contributed by atoms with Crippen molar-refractivity contribution in [3.63, 3.8) is 0 Å². The predicted molar refractivity (Wildman–Crippen MR) is 49.7 cm³/mol. The lowest BCUT2D eigenvalue weighted by Gasteiger charge is -2.18. The third-order valence-corrected chi connectivity index (χ3v) is 3.98. The molecule has 1 saturated carbocycles. The normalized spacial score (nSPS) is 43.3. The first-order chi connectivity index (χ1) is 5.57. The van der Waals surface area contributed by atoms with Crippen molar-refractivity contribution in [2.24, 2.45) is 23.2 Å². The average molecular weight is 166 g/mol. The lowest BCUT2D eigenvalue weighted by Crippen LogP contribution is -2.12. The highest BCUT2D eigenvalue weighted by atomic mass is 16.3. The van der Waals surface area contributed by atoms with Gasteiger partial charge in [-0.3, -0.25) is 0 Å². The summed E-state index contributed by atoms with van der Waals surface area (Å²) < 4.78 is 0. The Balaban J connectivity index is 2.16. The molecule has 0 saturated heterocycles. The quantitative estimate of drug-likeness (QED) is 0.592. The van der Waals surface area contributed by atoms with Gasteiger partial charge in [-0.2, -0.15) is 0 Å². The van der Waals surface area contributed by atoms with E-state index < -0.39 is 0 Å². The fraction of sp³-hybridized carbons (Fsp3) is 0.818. The van der Waals surface area contributed by atoms with E-state index in [1.165, 1.54) is 12.0 Å². The van der Waals surface area contributed by atoms with Gasteiger partial charge in [-0.25, -0.2) is 0 Å². The molecule has 2 aliphatic carbocycles. The van der Waals surface area contributed by atoms with Crippen LogP contribution in [-0.4, -0.2) is 11.7 Å². The largest absolute Gasteiger partial charge is 0.396 e. The van der Waals surface area contributed by atoms with E-state index in [1.54, 1.807) is 0 Å². The molecule has 2 rings (SSSR count). The molecule has 0 unspecified atom stereocenters. The zero-order valence-electron chi connectivity index (χ0n) is 8.17. The molecule has 0 aliphatic heterocycles. The number of rotatable bonds is 1. The van der Waals surface area contributed by atoms with E-state index in [1.807, 2.05) is 0 Å². The Morgan fingerprint density at radius 2 is 2.25 bits per heavy atom. The van der Waals surface area contributed by atoms with Crippen LogP contribution in [-0.2, 0) is 0 Å². The molecule has 0 bridgehead atoms. The Hall–Kier alpha value is -0.300. The molecule has 2 aliphatic rings. The second kappa shape index (κ2) is 2.35. The highest BCUT2D eigenvalue weighted by Gasteiger charge is 2.58. The van der Waals surface area contributed by atoms with E-state index in [0.717, 1.165) is 11.8 Å². The van der Waals surface area contributed by atoms with Gasteiger partial charge in [0.15, 0.2) is 0 Å². The molecule has 0 radical (unpaired) electrons. The van der Waals surface area contributed by atoms with Gasteiger partial charge in [0.1, 0.15) is 0 Å². The summed E-state index contributed by atoms with van der Waals surface area (Å²) in [7, 11) is 0. The molecule has 0 aromatic rings. The minimum atomic E-state index is 0.335. The molecule has 1 heteroatoms. The molecule has 12 heavy (non-hydrogen) atoms. The summed E-state index contributed by atoms with van der Waals surface area (Å²) in [6, 6.07) is 0. The Morgan fingerprint density at radius 1 is 1.58 bits per heavy atom. The second-order valence-corrected chi connectivity index (χ2v) is 4.98. The summed E-state index contributed by atoms with van der Waals surface area (Å²) in [5.74, 6) is 2.10. The Bertz CT molecular complexity index is 227. The second-order valence-electron chi connectivity index (χ2n) is 4.98. The maximum Gasteiger partial charge on any atom is 0.0496 e. The third-order valence-electron chi connectivity index (χ3n) is 3.98. The number of aliphatic hydroxyl groups excluding tert-OH is 1. The molecule has 0 spiro atoms. The monoisotopic (exact) mass is 166 g/mol. The van der Waals surface area contributed by atoms with E-state index >= 15 is 0 Å². The van der Waals surface area contributed by atoms with Crippen molar-refractivity contribution >= 4 is 0 Å². The summed E-state index contributed by atoms with van der Waals surface area (Å²) >= 11 is 0. The lowest BCUT2D eigenvalue weighted by atomic mass is 9.89. The molecule has 0 amide bonds. The SMILES string of the molecule is CC1=C[C@@H]2[C@@H](C[C@@H]1CO)C2(C)C. The molecule has 1 N–H and O–H groups in total. The van der Waals surface area contributed by atoms with E-state index in [0.29, 0.717) is 17.9 Å². The fourth-order valence-corrected chi connectivity index (χ4v) is 2.70. The molecule has 3 atom stereocenters. The highest BCUT2D eigenvalue weighted by molar-refractivity contribution is 5.24. The van der Waals surface area contributed by atoms with Gasteiger partial charge in [0, 0.05) is 12.5 Å². The lowest BCUT2D eigenvalue weighted by molar-refractivity contribution is 0.227. The minimum Gasteiger partial charge on any atom is -0.396 e. The fourth-order valence-electron chi connectivity index (χ4n) is 2.70. The molecule has 0 aromatic carbocycles. The van der Waals surface area contributed by atoms with Gasteiger partial charge in [-0.1, -0.05) is 25.5 Å². The summed E-state index contributed by atoms with van der Waals surface area (Å²) in [5.41, 5.74) is 1.93. The van der Waals surface area contributed by atoms with Crippen molar-refractivity contribution in [1.29, 1.82) is 0 Å². The molecule has 68 valence electrons. The molecule has 1 fully saturated rings. The van der Waals surface area contributed by atoms with Crippen LogP contribution >= 0.6 is 0 Å². The summed E-state index contributed by atoms with van der Waals surface area (Å²) in [6.45, 7) is 7.17. The first-order valence-corrected chi connectivity index (χ1v) is 4.86. The zero-order valence-corrected chi connectivity index (χ0v) is 8.17. The molecule has 1 nitrogen and oxygen atoms in total. The van der Waals surface area contributed by atoms with Crippen molar-refractivity contribution in [3.8, 4) is 0 Å². The predicted octanol–water partition coefficient (Wildman–Crippen LogP) is 2.22. The third kappa shape index (κ3) is 0.957. The first-order valence-electron chi connectivity index (χ1n) is 4.86. The number of fused-ring (bicyclic) bond motifs is 1. The van der Waals surface area contributed by atoms with Crippen LogP contribution in [0.2, 0.25) is 0 Å². The Kier molecular flexibility index (Phi) is 1.63. The summed E-state index contributed by atoms with van der Waals surface area (Å²) in [4.78, 5) is 0. The average Bonchev–Trinajstić information content (AvgIpc) is 2.52. The first kappa shape index (κ1) is 8.31. The van der Waals surface area contributed by atoms with Crippen molar-refractivity contribution < 1.29 is 5.11 Å². The van der Waals surface area contributed by atoms with Crippen LogP contribution in [0.4, 0.5) is 0 Å². The van der Waals surface area contributed by atoms with Crippen LogP contribution in [0.15, 0.2) is 11.6 Å². The zero-order chi connectivity index (χ0) is 8.93. The topological polar surface area (TPSA) is 20.2 Å². The van der Waals surface area contributed by atoms with Gasteiger partial charge in [-0.15, -0.1) is 0 Å². The van der Waals surface area contributed by atoms with Crippen LogP contribution in [0.1, 0.15) is 27.2 Å². The molecular formula is C11H18O. The Morgan fingerprint density at radius 3 is 2.83 bits per heavy atom. The van der Waals surface area contributed by atoms with E-state index in [2.05, 4.69) is 26.8 Å². The maximum atomic E-state index is 9.13. The van der Waals surface area contributed by atoms with E-state index in [-0.39, 0.29) is 0 Å². The van der Waals surface area contributed by atoms with Crippen molar-refractivity contribution in [2.75, 3.05) is 6.61 Å². The summed E-state index contributed by atoms with van der Waals surface area (Å²) in [5, 5.41) is 9.13. The van der Waals surface area contributed by atoms with Crippen LogP contribution in [0.3, 0.4) is 0 Å². The van der Waals surface area contributed by atoms with Crippen LogP contribution in [0.25, 0.3) is 0 Å². The summed E-state index contributed by atoms with van der Waals surface area (Å²) in [6.07, 6.45) is 3.59. The number of hydrogen-bond donors (Lipinski definition) is 1. The standard InChI is InChI=1S/C11H18O/c1-7-4-9-10(11(9,2)3)5-8(7)6-12/h4,8-10,12H,5-6H2,1-3H3/t8-,9-,10-/m1/s1. The van der Waals surface area contributed by atoms with Crippen molar-refractivity contribution in [1.82, 2.24) is 0 Å². The number of aliphatic hydroxyl groups is 1. The van der Waals surface area contributed by atoms with Crippen molar-refractivity contribution in [3.05, 3.63) is 11.6 Å². The molecule has 0 heterocycles.